The molecule has 2 amide bonds. The smallest absolute Gasteiger partial charge is 0.321 e. The number of carbonyl (C=O) groups excluding carboxylic acids is 1. The molecule has 112 valence electrons. The monoisotopic (exact) mass is 296 g/mol. The maximum atomic E-state index is 12.0. The van der Waals surface area contributed by atoms with Crippen molar-refractivity contribution in [2.75, 3.05) is 25.2 Å². The Kier molecular flexibility index (Phi) is 6.88. The Labute approximate surface area is 125 Å². The SMILES string of the molecule is CS[C@H](C)c1cccc(NC(=O)N(C)CC[C@H](C)O)c1. The highest BCUT2D eigenvalue weighted by Gasteiger charge is 2.11. The van der Waals surface area contributed by atoms with Crippen LogP contribution in [0.4, 0.5) is 10.5 Å². The quantitative estimate of drug-likeness (QED) is 0.846. The highest BCUT2D eigenvalue weighted by molar-refractivity contribution is 7.98. The fourth-order valence-electron chi connectivity index (χ4n) is 1.71. The summed E-state index contributed by atoms with van der Waals surface area (Å²) in [6.07, 6.45) is 2.25. The summed E-state index contributed by atoms with van der Waals surface area (Å²) in [4.78, 5) is 13.6. The molecule has 0 aromatic heterocycles. The number of aliphatic hydroxyl groups excluding tert-OH is 1. The summed E-state index contributed by atoms with van der Waals surface area (Å²) in [6.45, 7) is 4.39. The van der Waals surface area contributed by atoms with Crippen molar-refractivity contribution in [3.05, 3.63) is 29.8 Å². The van der Waals surface area contributed by atoms with Crippen molar-refractivity contribution < 1.29 is 9.90 Å². The molecule has 20 heavy (non-hydrogen) atoms. The molecule has 0 saturated heterocycles. The zero-order chi connectivity index (χ0) is 15.1. The van der Waals surface area contributed by atoms with Gasteiger partial charge >= 0.3 is 6.03 Å². The molecule has 0 spiro atoms. The standard InChI is InChI=1S/C15H24N2O2S/c1-11(18)8-9-17(3)15(19)16-14-7-5-6-13(10-14)12(2)20-4/h5-7,10-12,18H,8-9H2,1-4H3,(H,16,19)/t11-,12+/m0/s1. The molecule has 0 fully saturated rings. The molecule has 0 radical (unpaired) electrons. The van der Waals surface area contributed by atoms with Crippen molar-refractivity contribution >= 4 is 23.5 Å². The van der Waals surface area contributed by atoms with Gasteiger partial charge in [-0.25, -0.2) is 4.79 Å². The van der Waals surface area contributed by atoms with Crippen LogP contribution in [0.1, 0.15) is 31.1 Å². The van der Waals surface area contributed by atoms with Crippen molar-refractivity contribution in [1.82, 2.24) is 4.90 Å². The first-order valence-electron chi connectivity index (χ1n) is 6.77. The molecule has 5 heteroatoms. The number of urea groups is 1. The Morgan fingerprint density at radius 2 is 2.15 bits per heavy atom. The van der Waals surface area contributed by atoms with E-state index < -0.39 is 6.10 Å². The van der Waals surface area contributed by atoms with E-state index in [2.05, 4.69) is 24.6 Å². The van der Waals surface area contributed by atoms with Crippen LogP contribution in [0, 0.1) is 0 Å². The van der Waals surface area contributed by atoms with Crippen LogP contribution in [0.25, 0.3) is 0 Å². The molecule has 4 nitrogen and oxygen atoms in total. The number of amides is 2. The molecule has 0 bridgehead atoms. The lowest BCUT2D eigenvalue weighted by Crippen LogP contribution is -2.33. The number of thioether (sulfide) groups is 1. The van der Waals surface area contributed by atoms with Gasteiger partial charge in [0.05, 0.1) is 6.10 Å². The van der Waals surface area contributed by atoms with Crippen molar-refractivity contribution in [3.8, 4) is 0 Å². The van der Waals surface area contributed by atoms with Crippen LogP contribution in [-0.2, 0) is 0 Å². The average molecular weight is 296 g/mol. The molecule has 1 aromatic rings. The second-order valence-corrected chi connectivity index (χ2v) is 6.17. The van der Waals surface area contributed by atoms with Gasteiger partial charge in [-0.1, -0.05) is 12.1 Å². The zero-order valence-electron chi connectivity index (χ0n) is 12.6. The number of carbonyl (C=O) groups is 1. The summed E-state index contributed by atoms with van der Waals surface area (Å²) in [7, 11) is 1.73. The largest absolute Gasteiger partial charge is 0.393 e. The second-order valence-electron chi connectivity index (χ2n) is 4.99. The fourth-order valence-corrected chi connectivity index (χ4v) is 2.13. The molecule has 2 atom stereocenters. The lowest BCUT2D eigenvalue weighted by molar-refractivity contribution is 0.167. The van der Waals surface area contributed by atoms with Gasteiger partial charge in [-0.2, -0.15) is 11.8 Å². The number of aliphatic hydroxyl groups is 1. The predicted octanol–water partition coefficient (Wildman–Crippen LogP) is 3.35. The first-order chi connectivity index (χ1) is 9.43. The summed E-state index contributed by atoms with van der Waals surface area (Å²) in [5, 5.41) is 12.5. The maximum Gasteiger partial charge on any atom is 0.321 e. The highest BCUT2D eigenvalue weighted by atomic mass is 32.2. The predicted molar refractivity (Wildman–Crippen MR) is 86.3 cm³/mol. The van der Waals surface area contributed by atoms with E-state index >= 15 is 0 Å². The molecular formula is C15H24N2O2S. The van der Waals surface area contributed by atoms with Crippen LogP contribution < -0.4 is 5.32 Å². The Balaban J connectivity index is 2.61. The fraction of sp³-hybridized carbons (Fsp3) is 0.533. The van der Waals surface area contributed by atoms with Crippen LogP contribution in [0.3, 0.4) is 0 Å². The number of anilines is 1. The van der Waals surface area contributed by atoms with Crippen LogP contribution in [0.5, 0.6) is 0 Å². The van der Waals surface area contributed by atoms with E-state index in [4.69, 9.17) is 0 Å². The van der Waals surface area contributed by atoms with Gasteiger partial charge in [0.25, 0.3) is 0 Å². The molecular weight excluding hydrogens is 272 g/mol. The molecule has 0 heterocycles. The third-order valence-electron chi connectivity index (χ3n) is 3.19. The van der Waals surface area contributed by atoms with E-state index in [9.17, 15) is 9.90 Å². The van der Waals surface area contributed by atoms with E-state index in [1.807, 2.05) is 18.2 Å². The van der Waals surface area contributed by atoms with Gasteiger partial charge in [0, 0.05) is 24.5 Å². The van der Waals surface area contributed by atoms with E-state index in [0.29, 0.717) is 18.2 Å². The van der Waals surface area contributed by atoms with Gasteiger partial charge in [-0.15, -0.1) is 0 Å². The van der Waals surface area contributed by atoms with Crippen molar-refractivity contribution in [1.29, 1.82) is 0 Å². The Morgan fingerprint density at radius 3 is 2.75 bits per heavy atom. The number of hydrogen-bond donors (Lipinski definition) is 2. The molecule has 0 aliphatic heterocycles. The van der Waals surface area contributed by atoms with Gasteiger partial charge in [0.15, 0.2) is 0 Å². The highest BCUT2D eigenvalue weighted by Crippen LogP contribution is 2.27. The molecule has 0 saturated carbocycles. The summed E-state index contributed by atoms with van der Waals surface area (Å²) in [5.74, 6) is 0. The summed E-state index contributed by atoms with van der Waals surface area (Å²) < 4.78 is 0. The van der Waals surface area contributed by atoms with Gasteiger partial charge in [-0.3, -0.25) is 0 Å². The number of nitrogens with one attached hydrogen (secondary N) is 1. The number of nitrogens with zero attached hydrogens (tertiary/aromatic N) is 1. The molecule has 0 aliphatic carbocycles. The average Bonchev–Trinajstić information content (AvgIpc) is 2.43. The minimum Gasteiger partial charge on any atom is -0.393 e. The molecule has 2 N–H and O–H groups in total. The zero-order valence-corrected chi connectivity index (χ0v) is 13.4. The van der Waals surface area contributed by atoms with E-state index in [1.165, 1.54) is 5.56 Å². The van der Waals surface area contributed by atoms with E-state index in [1.54, 1.807) is 30.6 Å². The van der Waals surface area contributed by atoms with Gasteiger partial charge in [0.2, 0.25) is 0 Å². The Bertz CT molecular complexity index is 438. The molecule has 0 aliphatic rings. The van der Waals surface area contributed by atoms with E-state index in [0.717, 1.165) is 5.69 Å². The number of benzene rings is 1. The normalized spacial score (nSPS) is 13.7. The minimum atomic E-state index is -0.393. The Morgan fingerprint density at radius 1 is 1.45 bits per heavy atom. The first kappa shape index (κ1) is 16.9. The van der Waals surface area contributed by atoms with E-state index in [-0.39, 0.29) is 6.03 Å². The summed E-state index contributed by atoms with van der Waals surface area (Å²) >= 11 is 1.77. The lowest BCUT2D eigenvalue weighted by Gasteiger charge is -2.19. The van der Waals surface area contributed by atoms with Crippen molar-refractivity contribution in [2.24, 2.45) is 0 Å². The third-order valence-corrected chi connectivity index (χ3v) is 4.17. The molecule has 0 unspecified atom stereocenters. The van der Waals surface area contributed by atoms with Gasteiger partial charge < -0.3 is 15.3 Å². The summed E-state index contributed by atoms with van der Waals surface area (Å²) in [5.41, 5.74) is 2.00. The van der Waals surface area contributed by atoms with Crippen LogP contribution in [0.15, 0.2) is 24.3 Å². The molecule has 1 aromatic carbocycles. The topological polar surface area (TPSA) is 52.6 Å². The van der Waals surface area contributed by atoms with Crippen LogP contribution in [-0.4, -0.2) is 42.0 Å². The number of rotatable bonds is 6. The molecule has 1 rings (SSSR count). The second kappa shape index (κ2) is 8.17. The van der Waals surface area contributed by atoms with Gasteiger partial charge in [0.1, 0.15) is 0 Å². The van der Waals surface area contributed by atoms with Crippen molar-refractivity contribution in [2.45, 2.75) is 31.6 Å². The first-order valence-corrected chi connectivity index (χ1v) is 8.05. The van der Waals surface area contributed by atoms with Crippen LogP contribution in [0.2, 0.25) is 0 Å². The van der Waals surface area contributed by atoms with Gasteiger partial charge in [-0.05, 0) is 44.2 Å². The maximum absolute atomic E-state index is 12.0. The van der Waals surface area contributed by atoms with Crippen molar-refractivity contribution in [3.63, 3.8) is 0 Å². The minimum absolute atomic E-state index is 0.153. The summed E-state index contributed by atoms with van der Waals surface area (Å²) in [6, 6.07) is 7.75. The number of hydrogen-bond acceptors (Lipinski definition) is 3. The third kappa shape index (κ3) is 5.43. The lowest BCUT2D eigenvalue weighted by atomic mass is 10.1. The Hall–Kier alpha value is -1.20. The van der Waals surface area contributed by atoms with Crippen LogP contribution >= 0.6 is 11.8 Å².